The molecule has 0 aliphatic heterocycles. The van der Waals surface area contributed by atoms with Crippen LogP contribution in [-0.4, -0.2) is 23.2 Å². The number of nitrogens with one attached hydrogen (secondary N) is 2. The molecule has 4 rings (SSSR count). The molecule has 130 valence electrons. The normalized spacial score (nSPS) is 11.1. The molecule has 3 aromatic carbocycles. The van der Waals surface area contributed by atoms with Gasteiger partial charge in [0.25, 0.3) is 5.91 Å². The lowest BCUT2D eigenvalue weighted by Crippen LogP contribution is -2.11. The fourth-order valence-corrected chi connectivity index (χ4v) is 3.70. The molecule has 26 heavy (non-hydrogen) atoms. The van der Waals surface area contributed by atoms with Crippen molar-refractivity contribution in [1.29, 1.82) is 0 Å². The highest BCUT2D eigenvalue weighted by atomic mass is 32.2. The van der Waals surface area contributed by atoms with Gasteiger partial charge in [-0.1, -0.05) is 24.3 Å². The average Bonchev–Trinajstić information content (AvgIpc) is 3.04. The lowest BCUT2D eigenvalue weighted by Gasteiger charge is -2.06. The summed E-state index contributed by atoms with van der Waals surface area (Å²) in [5.41, 5.74) is 9.03. The summed E-state index contributed by atoms with van der Waals surface area (Å²) in [6, 6.07) is 21.7. The van der Waals surface area contributed by atoms with Gasteiger partial charge in [0.15, 0.2) is 0 Å². The highest BCUT2D eigenvalue weighted by molar-refractivity contribution is 7.99. The molecular weight excluding hydrogens is 342 g/mol. The first-order valence-electron chi connectivity index (χ1n) is 8.49. The van der Waals surface area contributed by atoms with Crippen LogP contribution in [0.5, 0.6) is 0 Å². The van der Waals surface area contributed by atoms with Crippen molar-refractivity contribution in [2.45, 2.75) is 4.90 Å². The Morgan fingerprint density at radius 2 is 1.73 bits per heavy atom. The lowest BCUT2D eigenvalue weighted by molar-refractivity contribution is 0.102. The highest BCUT2D eigenvalue weighted by Gasteiger charge is 2.09. The SMILES string of the molecule is NCCSc1ccc(C(=O)Nc2ccc3c(c2)[nH]c2ccccc23)cc1. The van der Waals surface area contributed by atoms with Crippen LogP contribution < -0.4 is 11.1 Å². The molecule has 0 saturated carbocycles. The lowest BCUT2D eigenvalue weighted by atomic mass is 10.1. The van der Waals surface area contributed by atoms with Gasteiger partial charge in [-0.3, -0.25) is 4.79 Å². The van der Waals surface area contributed by atoms with Crippen LogP contribution in [0.3, 0.4) is 0 Å². The molecule has 0 aliphatic carbocycles. The number of aromatic nitrogens is 1. The second-order valence-electron chi connectivity index (χ2n) is 6.05. The molecule has 0 unspecified atom stereocenters. The second kappa shape index (κ2) is 7.23. The van der Waals surface area contributed by atoms with Crippen LogP contribution in [0.15, 0.2) is 71.6 Å². The Morgan fingerprint density at radius 3 is 2.54 bits per heavy atom. The minimum absolute atomic E-state index is 0.115. The van der Waals surface area contributed by atoms with Gasteiger partial charge in [0, 0.05) is 50.2 Å². The summed E-state index contributed by atoms with van der Waals surface area (Å²) in [7, 11) is 0. The number of rotatable bonds is 5. The third-order valence-corrected chi connectivity index (χ3v) is 5.31. The summed E-state index contributed by atoms with van der Waals surface area (Å²) in [6.07, 6.45) is 0. The number of hydrogen-bond donors (Lipinski definition) is 3. The summed E-state index contributed by atoms with van der Waals surface area (Å²) in [4.78, 5) is 17.0. The maximum absolute atomic E-state index is 12.5. The highest BCUT2D eigenvalue weighted by Crippen LogP contribution is 2.27. The molecule has 0 atom stereocenters. The van der Waals surface area contributed by atoms with Crippen LogP contribution in [0.2, 0.25) is 0 Å². The van der Waals surface area contributed by atoms with Crippen molar-refractivity contribution in [2.75, 3.05) is 17.6 Å². The molecule has 0 saturated heterocycles. The Hall–Kier alpha value is -2.76. The summed E-state index contributed by atoms with van der Waals surface area (Å²) in [6.45, 7) is 0.642. The molecule has 0 radical (unpaired) electrons. The zero-order chi connectivity index (χ0) is 17.9. The summed E-state index contributed by atoms with van der Waals surface area (Å²) in [5.74, 6) is 0.756. The number of H-pyrrole nitrogens is 1. The first-order chi connectivity index (χ1) is 12.7. The van der Waals surface area contributed by atoms with Crippen LogP contribution in [0, 0.1) is 0 Å². The smallest absolute Gasteiger partial charge is 0.255 e. The molecule has 4 N–H and O–H groups in total. The van der Waals surface area contributed by atoms with Gasteiger partial charge in [0.1, 0.15) is 0 Å². The molecule has 0 aliphatic rings. The molecule has 5 heteroatoms. The van der Waals surface area contributed by atoms with Crippen molar-refractivity contribution in [3.05, 3.63) is 72.3 Å². The fourth-order valence-electron chi connectivity index (χ4n) is 3.01. The van der Waals surface area contributed by atoms with E-state index in [0.29, 0.717) is 12.1 Å². The predicted molar refractivity (Wildman–Crippen MR) is 110 cm³/mol. The quantitative estimate of drug-likeness (QED) is 0.454. The van der Waals surface area contributed by atoms with Crippen LogP contribution in [-0.2, 0) is 0 Å². The van der Waals surface area contributed by atoms with Crippen molar-refractivity contribution in [3.63, 3.8) is 0 Å². The number of thioether (sulfide) groups is 1. The maximum atomic E-state index is 12.5. The third kappa shape index (κ3) is 3.31. The van der Waals surface area contributed by atoms with E-state index in [1.54, 1.807) is 11.8 Å². The monoisotopic (exact) mass is 361 g/mol. The summed E-state index contributed by atoms with van der Waals surface area (Å²) < 4.78 is 0. The number of aromatic amines is 1. The molecule has 0 spiro atoms. The Morgan fingerprint density at radius 1 is 0.962 bits per heavy atom. The number of amides is 1. The van der Waals surface area contributed by atoms with Gasteiger partial charge in [-0.15, -0.1) is 11.8 Å². The van der Waals surface area contributed by atoms with Crippen LogP contribution >= 0.6 is 11.8 Å². The number of carbonyl (C=O) groups is 1. The number of fused-ring (bicyclic) bond motifs is 3. The maximum Gasteiger partial charge on any atom is 0.255 e. The van der Waals surface area contributed by atoms with Gasteiger partial charge in [0.2, 0.25) is 0 Å². The minimum atomic E-state index is -0.115. The van der Waals surface area contributed by atoms with E-state index in [1.807, 2.05) is 54.6 Å². The fraction of sp³-hybridized carbons (Fsp3) is 0.0952. The number of benzene rings is 3. The Bertz CT molecular complexity index is 1070. The van der Waals surface area contributed by atoms with E-state index in [2.05, 4.69) is 22.4 Å². The zero-order valence-corrected chi connectivity index (χ0v) is 15.0. The van der Waals surface area contributed by atoms with Gasteiger partial charge in [-0.2, -0.15) is 0 Å². The van der Waals surface area contributed by atoms with E-state index in [1.165, 1.54) is 5.39 Å². The Balaban J connectivity index is 1.54. The first kappa shape index (κ1) is 16.7. The molecule has 0 bridgehead atoms. The number of hydrogen-bond acceptors (Lipinski definition) is 3. The van der Waals surface area contributed by atoms with E-state index in [4.69, 9.17) is 5.73 Å². The third-order valence-electron chi connectivity index (χ3n) is 4.27. The van der Waals surface area contributed by atoms with E-state index < -0.39 is 0 Å². The van der Waals surface area contributed by atoms with Gasteiger partial charge >= 0.3 is 0 Å². The second-order valence-corrected chi connectivity index (χ2v) is 7.21. The average molecular weight is 361 g/mol. The molecule has 0 fully saturated rings. The Kier molecular flexibility index (Phi) is 4.65. The molecule has 1 heterocycles. The van der Waals surface area contributed by atoms with E-state index in [9.17, 15) is 4.79 Å². The number of anilines is 1. The molecule has 1 aromatic heterocycles. The van der Waals surface area contributed by atoms with Gasteiger partial charge in [-0.25, -0.2) is 0 Å². The minimum Gasteiger partial charge on any atom is -0.354 e. The Labute approximate surface area is 155 Å². The van der Waals surface area contributed by atoms with E-state index in [-0.39, 0.29) is 5.91 Å². The topological polar surface area (TPSA) is 70.9 Å². The van der Waals surface area contributed by atoms with Gasteiger partial charge in [-0.05, 0) is 42.5 Å². The van der Waals surface area contributed by atoms with Crippen molar-refractivity contribution in [1.82, 2.24) is 4.98 Å². The first-order valence-corrected chi connectivity index (χ1v) is 9.48. The van der Waals surface area contributed by atoms with E-state index >= 15 is 0 Å². The molecular formula is C21H19N3OS. The molecule has 4 aromatic rings. The van der Waals surface area contributed by atoms with Gasteiger partial charge < -0.3 is 16.0 Å². The van der Waals surface area contributed by atoms with Crippen molar-refractivity contribution < 1.29 is 4.79 Å². The van der Waals surface area contributed by atoms with Crippen LogP contribution in [0.1, 0.15) is 10.4 Å². The number of carbonyl (C=O) groups excluding carboxylic acids is 1. The largest absolute Gasteiger partial charge is 0.354 e. The zero-order valence-electron chi connectivity index (χ0n) is 14.2. The standard InChI is InChI=1S/C21H19N3OS/c22-11-12-26-16-8-5-14(6-9-16)21(25)23-15-7-10-18-17-3-1-2-4-19(17)24-20(18)13-15/h1-10,13,24H,11-12,22H2,(H,23,25). The van der Waals surface area contributed by atoms with Crippen LogP contribution in [0.4, 0.5) is 5.69 Å². The molecule has 1 amide bonds. The van der Waals surface area contributed by atoms with Crippen LogP contribution in [0.25, 0.3) is 21.8 Å². The molecule has 4 nitrogen and oxygen atoms in total. The number of para-hydroxylation sites is 1. The predicted octanol–water partition coefficient (Wildman–Crippen LogP) is 4.62. The summed E-state index contributed by atoms with van der Waals surface area (Å²) in [5, 5.41) is 5.31. The van der Waals surface area contributed by atoms with E-state index in [0.717, 1.165) is 32.8 Å². The van der Waals surface area contributed by atoms with Gasteiger partial charge in [0.05, 0.1) is 0 Å². The number of nitrogens with two attached hydrogens (primary N) is 1. The summed E-state index contributed by atoms with van der Waals surface area (Å²) >= 11 is 1.69. The van der Waals surface area contributed by atoms with Crippen molar-refractivity contribution >= 4 is 45.2 Å². The van der Waals surface area contributed by atoms with Crippen molar-refractivity contribution in [3.8, 4) is 0 Å². The van der Waals surface area contributed by atoms with Crippen molar-refractivity contribution in [2.24, 2.45) is 5.73 Å².